The largest absolute Gasteiger partial charge is 0.467 e. The molecule has 2 rings (SSSR count). The summed E-state index contributed by atoms with van der Waals surface area (Å²) in [5.74, 6) is 1.04. The molecular weight excluding hydrogens is 412 g/mol. The second kappa shape index (κ2) is 12.6. The van der Waals surface area contributed by atoms with Crippen LogP contribution in [0.5, 0.6) is 0 Å². The lowest BCUT2D eigenvalue weighted by atomic mass is 9.84. The van der Waals surface area contributed by atoms with Crippen LogP contribution in [0.15, 0.2) is 53.1 Å². The Morgan fingerprint density at radius 1 is 1.00 bits per heavy atom. The highest BCUT2D eigenvalue weighted by Gasteiger charge is 2.27. The number of amides is 2. The van der Waals surface area contributed by atoms with Crippen LogP contribution in [0.3, 0.4) is 0 Å². The minimum Gasteiger partial charge on any atom is -0.467 e. The van der Waals surface area contributed by atoms with Crippen LogP contribution in [0, 0.1) is 11.3 Å². The Labute approximate surface area is 200 Å². The highest BCUT2D eigenvalue weighted by molar-refractivity contribution is 5.85. The number of nitrogens with zero attached hydrogens (tertiary/aromatic N) is 2. The van der Waals surface area contributed by atoms with E-state index < -0.39 is 0 Å². The average molecular weight is 455 g/mol. The average Bonchev–Trinajstić information content (AvgIpc) is 3.26. The standard InChI is InChI=1S/C28H42N2O3/c1-7-23(3)30(26(31)18-22(2)19-28(4,5)6)21-27(32)29(20-25-14-11-17-33-25)16-15-24-12-9-8-10-13-24/h8-14,17,22-23H,7,15-16,18-21H2,1-6H3/t22-,23-/m0/s1. The number of hydrogen-bond donors (Lipinski definition) is 0. The zero-order valence-corrected chi connectivity index (χ0v) is 21.3. The number of furan rings is 1. The first-order valence-electron chi connectivity index (χ1n) is 12.2. The molecule has 2 aromatic rings. The normalized spacial score (nSPS) is 13.4. The predicted molar refractivity (Wildman–Crippen MR) is 134 cm³/mol. The Morgan fingerprint density at radius 2 is 1.70 bits per heavy atom. The molecule has 0 unspecified atom stereocenters. The monoisotopic (exact) mass is 454 g/mol. The molecule has 1 aromatic carbocycles. The van der Waals surface area contributed by atoms with Crippen molar-refractivity contribution in [1.29, 1.82) is 0 Å². The van der Waals surface area contributed by atoms with Crippen LogP contribution >= 0.6 is 0 Å². The Balaban J connectivity index is 2.10. The first-order valence-corrected chi connectivity index (χ1v) is 12.2. The van der Waals surface area contributed by atoms with E-state index in [1.165, 1.54) is 5.56 Å². The molecule has 1 aromatic heterocycles. The highest BCUT2D eigenvalue weighted by Crippen LogP contribution is 2.26. The molecule has 5 heteroatoms. The van der Waals surface area contributed by atoms with E-state index in [0.717, 1.165) is 25.0 Å². The summed E-state index contributed by atoms with van der Waals surface area (Å²) in [5, 5.41) is 0. The molecule has 2 amide bonds. The van der Waals surface area contributed by atoms with Gasteiger partial charge in [0.15, 0.2) is 0 Å². The third-order valence-electron chi connectivity index (χ3n) is 6.03. The Bertz CT molecular complexity index is 840. The molecule has 0 aliphatic carbocycles. The van der Waals surface area contributed by atoms with Gasteiger partial charge in [-0.2, -0.15) is 0 Å². The summed E-state index contributed by atoms with van der Waals surface area (Å²) in [4.78, 5) is 30.3. The minimum absolute atomic E-state index is 0.0165. The van der Waals surface area contributed by atoms with Crippen molar-refractivity contribution in [2.45, 2.75) is 79.8 Å². The third kappa shape index (κ3) is 9.45. The second-order valence-corrected chi connectivity index (χ2v) is 10.5. The van der Waals surface area contributed by atoms with E-state index in [1.54, 1.807) is 11.2 Å². The van der Waals surface area contributed by atoms with Gasteiger partial charge in [0.05, 0.1) is 12.8 Å². The number of rotatable bonds is 12. The summed E-state index contributed by atoms with van der Waals surface area (Å²) < 4.78 is 5.51. The number of carbonyl (C=O) groups is 2. The van der Waals surface area contributed by atoms with Gasteiger partial charge in [-0.15, -0.1) is 0 Å². The highest BCUT2D eigenvalue weighted by atomic mass is 16.3. The zero-order chi connectivity index (χ0) is 24.4. The van der Waals surface area contributed by atoms with Crippen molar-refractivity contribution in [3.8, 4) is 0 Å². The van der Waals surface area contributed by atoms with E-state index in [1.807, 2.05) is 42.2 Å². The van der Waals surface area contributed by atoms with Crippen molar-refractivity contribution >= 4 is 11.8 Å². The maximum Gasteiger partial charge on any atom is 0.242 e. The van der Waals surface area contributed by atoms with E-state index in [4.69, 9.17) is 4.42 Å². The summed E-state index contributed by atoms with van der Waals surface area (Å²) in [5.41, 5.74) is 1.36. The van der Waals surface area contributed by atoms with Gasteiger partial charge in [0.25, 0.3) is 0 Å². The predicted octanol–water partition coefficient (Wildman–Crippen LogP) is 5.94. The van der Waals surface area contributed by atoms with Gasteiger partial charge >= 0.3 is 0 Å². The quantitative estimate of drug-likeness (QED) is 0.399. The number of carbonyl (C=O) groups excluding carboxylic acids is 2. The molecule has 0 N–H and O–H groups in total. The van der Waals surface area contributed by atoms with E-state index in [9.17, 15) is 9.59 Å². The van der Waals surface area contributed by atoms with Gasteiger partial charge < -0.3 is 14.2 Å². The molecule has 0 radical (unpaired) electrons. The molecule has 0 saturated heterocycles. The van der Waals surface area contributed by atoms with Crippen molar-refractivity contribution < 1.29 is 14.0 Å². The van der Waals surface area contributed by atoms with E-state index in [2.05, 4.69) is 46.8 Å². The van der Waals surface area contributed by atoms with Gasteiger partial charge in [0.2, 0.25) is 11.8 Å². The molecule has 0 fully saturated rings. The van der Waals surface area contributed by atoms with E-state index in [-0.39, 0.29) is 35.7 Å². The molecule has 182 valence electrons. The first kappa shape index (κ1) is 26.7. The molecule has 0 saturated carbocycles. The molecule has 0 aliphatic heterocycles. The Hall–Kier alpha value is -2.56. The summed E-state index contributed by atoms with van der Waals surface area (Å²) in [7, 11) is 0. The maximum atomic E-state index is 13.4. The summed E-state index contributed by atoms with van der Waals surface area (Å²) in [6.45, 7) is 13.9. The van der Waals surface area contributed by atoms with Crippen LogP contribution in [-0.4, -0.2) is 40.7 Å². The summed E-state index contributed by atoms with van der Waals surface area (Å²) in [6.07, 6.45) is 4.64. The molecule has 0 spiro atoms. The number of benzene rings is 1. The minimum atomic E-state index is -0.0422. The summed E-state index contributed by atoms with van der Waals surface area (Å²) >= 11 is 0. The van der Waals surface area contributed by atoms with Gasteiger partial charge in [-0.1, -0.05) is 65.0 Å². The Morgan fingerprint density at radius 3 is 2.27 bits per heavy atom. The van der Waals surface area contributed by atoms with Gasteiger partial charge in [-0.25, -0.2) is 0 Å². The first-order chi connectivity index (χ1) is 15.6. The van der Waals surface area contributed by atoms with Gasteiger partial charge in [0, 0.05) is 19.0 Å². The van der Waals surface area contributed by atoms with Crippen molar-refractivity contribution in [2.75, 3.05) is 13.1 Å². The molecule has 0 aliphatic rings. The van der Waals surface area contributed by atoms with Crippen LogP contribution in [0.1, 0.15) is 72.1 Å². The lowest BCUT2D eigenvalue weighted by molar-refractivity contribution is -0.143. The smallest absolute Gasteiger partial charge is 0.242 e. The third-order valence-corrected chi connectivity index (χ3v) is 6.03. The molecule has 2 atom stereocenters. The second-order valence-electron chi connectivity index (χ2n) is 10.5. The van der Waals surface area contributed by atoms with Crippen molar-refractivity contribution in [2.24, 2.45) is 11.3 Å². The fraction of sp³-hybridized carbons (Fsp3) is 0.571. The lowest BCUT2D eigenvalue weighted by Gasteiger charge is -2.32. The van der Waals surface area contributed by atoms with Crippen LogP contribution in [0.4, 0.5) is 0 Å². The van der Waals surface area contributed by atoms with Gasteiger partial charge in [0.1, 0.15) is 12.3 Å². The van der Waals surface area contributed by atoms with Crippen molar-refractivity contribution in [3.05, 3.63) is 60.1 Å². The van der Waals surface area contributed by atoms with Crippen molar-refractivity contribution in [3.63, 3.8) is 0 Å². The van der Waals surface area contributed by atoms with Crippen LogP contribution in [0.2, 0.25) is 0 Å². The SMILES string of the molecule is CC[C@H](C)N(CC(=O)N(CCc1ccccc1)Cc1ccco1)C(=O)C[C@H](C)CC(C)(C)C. The zero-order valence-electron chi connectivity index (χ0n) is 21.3. The summed E-state index contributed by atoms with van der Waals surface area (Å²) in [6, 6.07) is 13.9. The molecule has 5 nitrogen and oxygen atoms in total. The molecule has 1 heterocycles. The van der Waals surface area contributed by atoms with Crippen LogP contribution < -0.4 is 0 Å². The Kier molecular flexibility index (Phi) is 10.2. The fourth-order valence-corrected chi connectivity index (χ4v) is 4.28. The van der Waals surface area contributed by atoms with Gasteiger partial charge in [-0.05, 0) is 55.2 Å². The molecular formula is C28H42N2O3. The maximum absolute atomic E-state index is 13.4. The lowest BCUT2D eigenvalue weighted by Crippen LogP contribution is -2.47. The van der Waals surface area contributed by atoms with Gasteiger partial charge in [-0.3, -0.25) is 9.59 Å². The van der Waals surface area contributed by atoms with Crippen molar-refractivity contribution in [1.82, 2.24) is 9.80 Å². The topological polar surface area (TPSA) is 53.8 Å². The fourth-order valence-electron chi connectivity index (χ4n) is 4.28. The molecule has 0 bridgehead atoms. The number of hydrogen-bond acceptors (Lipinski definition) is 3. The van der Waals surface area contributed by atoms with Crippen LogP contribution in [-0.2, 0) is 22.6 Å². The van der Waals surface area contributed by atoms with E-state index >= 15 is 0 Å². The van der Waals surface area contributed by atoms with Crippen LogP contribution in [0.25, 0.3) is 0 Å². The van der Waals surface area contributed by atoms with E-state index in [0.29, 0.717) is 19.5 Å². The molecule has 33 heavy (non-hydrogen) atoms.